The third-order valence-electron chi connectivity index (χ3n) is 1.70. The highest BCUT2D eigenvalue weighted by molar-refractivity contribution is 5.90. The fraction of sp³-hybridized carbons (Fsp3) is 0.200. The van der Waals surface area contributed by atoms with E-state index in [0.717, 1.165) is 5.56 Å². The number of nitriles is 1. The largest absolute Gasteiger partial charge is 0.325 e. The van der Waals surface area contributed by atoms with Crippen molar-refractivity contribution in [1.82, 2.24) is 0 Å². The summed E-state index contributed by atoms with van der Waals surface area (Å²) >= 11 is 0. The van der Waals surface area contributed by atoms with Crippen LogP contribution in [0, 0.1) is 18.3 Å². The molecule has 0 bridgehead atoms. The quantitative estimate of drug-likeness (QED) is 0.706. The Bertz CT molecular complexity index is 377. The molecular formula is C10H10N2O. The molecule has 0 heterocycles. The molecule has 0 aliphatic rings. The number of carbonyl (C=O) groups is 1. The van der Waals surface area contributed by atoms with E-state index in [0.29, 0.717) is 11.3 Å². The van der Waals surface area contributed by atoms with Gasteiger partial charge in [0.2, 0.25) is 5.91 Å². The zero-order valence-corrected chi connectivity index (χ0v) is 7.59. The third kappa shape index (κ3) is 2.06. The van der Waals surface area contributed by atoms with Gasteiger partial charge in [0.05, 0.1) is 11.3 Å². The second kappa shape index (κ2) is 3.72. The van der Waals surface area contributed by atoms with E-state index in [1.165, 1.54) is 6.92 Å². The topological polar surface area (TPSA) is 52.9 Å². The number of amides is 1. The van der Waals surface area contributed by atoms with Crippen LogP contribution in [0.25, 0.3) is 0 Å². The summed E-state index contributed by atoms with van der Waals surface area (Å²) < 4.78 is 0. The van der Waals surface area contributed by atoms with Gasteiger partial charge in [0.1, 0.15) is 6.07 Å². The first-order valence-electron chi connectivity index (χ1n) is 3.92. The Kier molecular flexibility index (Phi) is 2.65. The smallest absolute Gasteiger partial charge is 0.221 e. The number of hydrogen-bond donors (Lipinski definition) is 1. The number of hydrogen-bond acceptors (Lipinski definition) is 2. The molecule has 0 spiro atoms. The molecule has 0 aliphatic carbocycles. The number of benzene rings is 1. The average Bonchev–Trinajstić information content (AvgIpc) is 2.03. The lowest BCUT2D eigenvalue weighted by molar-refractivity contribution is -0.114. The molecular weight excluding hydrogens is 164 g/mol. The molecule has 0 atom stereocenters. The molecule has 1 aromatic rings. The first kappa shape index (κ1) is 9.27. The SMILES string of the molecule is CC(=O)Nc1cccc(C)c1C#N. The Balaban J connectivity index is 3.14. The predicted octanol–water partition coefficient (Wildman–Crippen LogP) is 1.83. The molecule has 1 N–H and O–H groups in total. The van der Waals surface area contributed by atoms with Crippen molar-refractivity contribution >= 4 is 11.6 Å². The van der Waals surface area contributed by atoms with Gasteiger partial charge in [-0.2, -0.15) is 5.26 Å². The van der Waals surface area contributed by atoms with Gasteiger partial charge in [0.25, 0.3) is 0 Å². The molecule has 3 heteroatoms. The molecule has 1 amide bonds. The van der Waals surface area contributed by atoms with Crippen molar-refractivity contribution in [1.29, 1.82) is 5.26 Å². The number of carbonyl (C=O) groups excluding carboxylic acids is 1. The maximum Gasteiger partial charge on any atom is 0.221 e. The van der Waals surface area contributed by atoms with E-state index >= 15 is 0 Å². The van der Waals surface area contributed by atoms with Gasteiger partial charge in [-0.15, -0.1) is 0 Å². The molecule has 0 saturated heterocycles. The van der Waals surface area contributed by atoms with E-state index < -0.39 is 0 Å². The maximum absolute atomic E-state index is 10.8. The molecule has 3 nitrogen and oxygen atoms in total. The summed E-state index contributed by atoms with van der Waals surface area (Å²) in [7, 11) is 0. The third-order valence-corrected chi connectivity index (χ3v) is 1.70. The Morgan fingerprint density at radius 1 is 1.54 bits per heavy atom. The zero-order valence-electron chi connectivity index (χ0n) is 7.59. The van der Waals surface area contributed by atoms with Gasteiger partial charge < -0.3 is 5.32 Å². The molecule has 0 radical (unpaired) electrons. The summed E-state index contributed by atoms with van der Waals surface area (Å²) in [5, 5.41) is 11.4. The van der Waals surface area contributed by atoms with Crippen LogP contribution in [-0.4, -0.2) is 5.91 Å². The van der Waals surface area contributed by atoms with Gasteiger partial charge >= 0.3 is 0 Å². The van der Waals surface area contributed by atoms with Crippen LogP contribution < -0.4 is 5.32 Å². The lowest BCUT2D eigenvalue weighted by Gasteiger charge is -2.05. The van der Waals surface area contributed by atoms with E-state index in [-0.39, 0.29) is 5.91 Å². The van der Waals surface area contributed by atoms with Gasteiger partial charge in [-0.25, -0.2) is 0 Å². The van der Waals surface area contributed by atoms with E-state index in [2.05, 4.69) is 11.4 Å². The molecule has 0 unspecified atom stereocenters. The fourth-order valence-electron chi connectivity index (χ4n) is 1.11. The normalized spacial score (nSPS) is 9.00. The van der Waals surface area contributed by atoms with E-state index in [9.17, 15) is 4.79 Å². The van der Waals surface area contributed by atoms with Crippen molar-refractivity contribution in [3.8, 4) is 6.07 Å². The summed E-state index contributed by atoms with van der Waals surface area (Å²) in [4.78, 5) is 10.8. The van der Waals surface area contributed by atoms with Crippen LogP contribution in [0.4, 0.5) is 5.69 Å². The van der Waals surface area contributed by atoms with Crippen molar-refractivity contribution in [2.24, 2.45) is 0 Å². The Labute approximate surface area is 77.0 Å². The monoisotopic (exact) mass is 174 g/mol. The Morgan fingerprint density at radius 3 is 2.77 bits per heavy atom. The highest BCUT2D eigenvalue weighted by Crippen LogP contribution is 2.17. The minimum absolute atomic E-state index is 0.165. The number of rotatable bonds is 1. The standard InChI is InChI=1S/C10H10N2O/c1-7-4-3-5-10(9(7)6-11)12-8(2)13/h3-5H,1-2H3,(H,12,13). The van der Waals surface area contributed by atoms with Crippen molar-refractivity contribution in [3.05, 3.63) is 29.3 Å². The molecule has 1 rings (SSSR count). The fourth-order valence-corrected chi connectivity index (χ4v) is 1.11. The minimum Gasteiger partial charge on any atom is -0.325 e. The number of anilines is 1. The molecule has 66 valence electrons. The highest BCUT2D eigenvalue weighted by Gasteiger charge is 2.04. The van der Waals surface area contributed by atoms with Crippen LogP contribution in [0.1, 0.15) is 18.1 Å². The Hall–Kier alpha value is -1.82. The van der Waals surface area contributed by atoms with Crippen LogP contribution in [0.2, 0.25) is 0 Å². The van der Waals surface area contributed by atoms with Crippen molar-refractivity contribution in [3.63, 3.8) is 0 Å². The van der Waals surface area contributed by atoms with Crippen LogP contribution >= 0.6 is 0 Å². The molecule has 0 aromatic heterocycles. The summed E-state index contributed by atoms with van der Waals surface area (Å²) in [6, 6.07) is 7.41. The molecule has 0 fully saturated rings. The lowest BCUT2D eigenvalue weighted by atomic mass is 10.1. The number of nitrogens with one attached hydrogen (secondary N) is 1. The summed E-state index contributed by atoms with van der Waals surface area (Å²) in [5.41, 5.74) is 1.97. The second-order valence-corrected chi connectivity index (χ2v) is 2.79. The van der Waals surface area contributed by atoms with Gasteiger partial charge in [-0.3, -0.25) is 4.79 Å². The van der Waals surface area contributed by atoms with E-state index in [1.54, 1.807) is 12.1 Å². The van der Waals surface area contributed by atoms with Crippen LogP contribution in [0.15, 0.2) is 18.2 Å². The van der Waals surface area contributed by atoms with Gasteiger partial charge in [-0.05, 0) is 18.6 Å². The van der Waals surface area contributed by atoms with Crippen molar-refractivity contribution < 1.29 is 4.79 Å². The summed E-state index contributed by atoms with van der Waals surface area (Å²) in [5.74, 6) is -0.165. The van der Waals surface area contributed by atoms with Crippen LogP contribution in [-0.2, 0) is 4.79 Å². The van der Waals surface area contributed by atoms with Crippen LogP contribution in [0.3, 0.4) is 0 Å². The number of aryl methyl sites for hydroxylation is 1. The van der Waals surface area contributed by atoms with Gasteiger partial charge in [-0.1, -0.05) is 12.1 Å². The minimum atomic E-state index is -0.165. The van der Waals surface area contributed by atoms with Crippen molar-refractivity contribution in [2.75, 3.05) is 5.32 Å². The first-order valence-corrected chi connectivity index (χ1v) is 3.92. The highest BCUT2D eigenvalue weighted by atomic mass is 16.1. The number of nitrogens with zero attached hydrogens (tertiary/aromatic N) is 1. The zero-order chi connectivity index (χ0) is 9.84. The lowest BCUT2D eigenvalue weighted by Crippen LogP contribution is -2.07. The van der Waals surface area contributed by atoms with E-state index in [1.807, 2.05) is 13.0 Å². The molecule has 13 heavy (non-hydrogen) atoms. The molecule has 1 aromatic carbocycles. The summed E-state index contributed by atoms with van der Waals surface area (Å²) in [6.45, 7) is 3.26. The Morgan fingerprint density at radius 2 is 2.23 bits per heavy atom. The van der Waals surface area contributed by atoms with Gasteiger partial charge in [0, 0.05) is 6.92 Å². The first-order chi connectivity index (χ1) is 6.15. The second-order valence-electron chi connectivity index (χ2n) is 2.79. The molecule has 0 saturated carbocycles. The summed E-state index contributed by atoms with van der Waals surface area (Å²) in [6.07, 6.45) is 0. The predicted molar refractivity (Wildman–Crippen MR) is 50.2 cm³/mol. The van der Waals surface area contributed by atoms with Crippen molar-refractivity contribution in [2.45, 2.75) is 13.8 Å². The van der Waals surface area contributed by atoms with Gasteiger partial charge in [0.15, 0.2) is 0 Å². The van der Waals surface area contributed by atoms with E-state index in [4.69, 9.17) is 5.26 Å². The maximum atomic E-state index is 10.8. The van der Waals surface area contributed by atoms with Crippen LogP contribution in [0.5, 0.6) is 0 Å². The molecule has 0 aliphatic heterocycles. The average molecular weight is 174 g/mol.